The van der Waals surface area contributed by atoms with Gasteiger partial charge >= 0.3 is 5.69 Å². The number of imidazole rings is 1. The number of aromatic nitrogens is 2. The van der Waals surface area contributed by atoms with Gasteiger partial charge in [-0.05, 0) is 13.8 Å². The first-order chi connectivity index (χ1) is 9.67. The van der Waals surface area contributed by atoms with E-state index in [0.29, 0.717) is 30.4 Å². The van der Waals surface area contributed by atoms with Crippen molar-refractivity contribution in [3.8, 4) is 22.9 Å². The van der Waals surface area contributed by atoms with Crippen molar-refractivity contribution in [3.05, 3.63) is 34.6 Å². The fourth-order valence-corrected chi connectivity index (χ4v) is 1.84. The summed E-state index contributed by atoms with van der Waals surface area (Å²) in [6, 6.07) is 2.94. The molecule has 1 aromatic carbocycles. The van der Waals surface area contributed by atoms with E-state index in [2.05, 4.69) is 9.97 Å². The molecule has 20 heavy (non-hydrogen) atoms. The van der Waals surface area contributed by atoms with Crippen LogP contribution < -0.4 is 9.47 Å². The molecule has 106 valence electrons. The van der Waals surface area contributed by atoms with Gasteiger partial charge in [-0.1, -0.05) is 0 Å². The molecule has 0 saturated heterocycles. The highest BCUT2D eigenvalue weighted by molar-refractivity contribution is 5.71. The fourth-order valence-electron chi connectivity index (χ4n) is 1.84. The molecule has 7 nitrogen and oxygen atoms in total. The van der Waals surface area contributed by atoms with Crippen LogP contribution in [0.15, 0.2) is 24.5 Å². The zero-order valence-corrected chi connectivity index (χ0v) is 11.3. The lowest BCUT2D eigenvalue weighted by molar-refractivity contribution is -0.385. The van der Waals surface area contributed by atoms with E-state index in [9.17, 15) is 10.1 Å². The Morgan fingerprint density at radius 1 is 1.25 bits per heavy atom. The topological polar surface area (TPSA) is 90.3 Å². The number of nitrogens with zero attached hydrogens (tertiary/aromatic N) is 2. The summed E-state index contributed by atoms with van der Waals surface area (Å²) in [4.78, 5) is 17.7. The third-order valence-electron chi connectivity index (χ3n) is 2.61. The second kappa shape index (κ2) is 6.05. The van der Waals surface area contributed by atoms with Crippen LogP contribution in [0.2, 0.25) is 0 Å². The number of hydrogen-bond acceptors (Lipinski definition) is 5. The molecular formula is C13H15N3O4. The van der Waals surface area contributed by atoms with E-state index in [4.69, 9.17) is 9.47 Å². The van der Waals surface area contributed by atoms with Gasteiger partial charge < -0.3 is 14.5 Å². The Bertz CT molecular complexity index is 596. The van der Waals surface area contributed by atoms with E-state index < -0.39 is 4.92 Å². The van der Waals surface area contributed by atoms with E-state index >= 15 is 0 Å². The van der Waals surface area contributed by atoms with Crippen LogP contribution in [0.25, 0.3) is 11.4 Å². The first kappa shape index (κ1) is 13.9. The van der Waals surface area contributed by atoms with Crippen molar-refractivity contribution in [1.29, 1.82) is 0 Å². The van der Waals surface area contributed by atoms with Crippen molar-refractivity contribution in [3.63, 3.8) is 0 Å². The monoisotopic (exact) mass is 277 g/mol. The Morgan fingerprint density at radius 2 is 1.95 bits per heavy atom. The summed E-state index contributed by atoms with van der Waals surface area (Å²) in [7, 11) is 0. The van der Waals surface area contributed by atoms with E-state index in [1.165, 1.54) is 12.1 Å². The van der Waals surface area contributed by atoms with Crippen LogP contribution in [0.1, 0.15) is 13.8 Å². The maximum absolute atomic E-state index is 11.1. The van der Waals surface area contributed by atoms with Crippen molar-refractivity contribution in [2.45, 2.75) is 13.8 Å². The minimum absolute atomic E-state index is 0.110. The number of rotatable bonds is 6. The van der Waals surface area contributed by atoms with Crippen LogP contribution in [0.5, 0.6) is 11.5 Å². The standard InChI is InChI=1S/C13H15N3O4/c1-3-19-11-8-12(20-4-2)10(16(17)18)7-9(11)13-14-5-6-15-13/h5-8H,3-4H2,1-2H3,(H,14,15). The van der Waals surface area contributed by atoms with Crippen molar-refractivity contribution in [2.75, 3.05) is 13.2 Å². The molecule has 0 atom stereocenters. The number of nitrogens with one attached hydrogen (secondary N) is 1. The Morgan fingerprint density at radius 3 is 2.50 bits per heavy atom. The molecule has 0 fully saturated rings. The predicted octanol–water partition coefficient (Wildman–Crippen LogP) is 2.78. The number of ether oxygens (including phenoxy) is 2. The molecule has 2 rings (SSSR count). The molecule has 0 saturated carbocycles. The number of nitro groups is 1. The van der Waals surface area contributed by atoms with Gasteiger partial charge in [-0.25, -0.2) is 4.98 Å². The van der Waals surface area contributed by atoms with Gasteiger partial charge in [0.1, 0.15) is 11.6 Å². The van der Waals surface area contributed by atoms with Gasteiger partial charge in [0.15, 0.2) is 0 Å². The lowest BCUT2D eigenvalue weighted by atomic mass is 10.1. The van der Waals surface area contributed by atoms with E-state index in [0.717, 1.165) is 0 Å². The van der Waals surface area contributed by atoms with E-state index in [1.54, 1.807) is 19.3 Å². The SMILES string of the molecule is CCOc1cc(OCC)c([N+](=O)[O-])cc1-c1ncc[nH]1. The Labute approximate surface area is 115 Å². The lowest BCUT2D eigenvalue weighted by Crippen LogP contribution is -2.01. The number of benzene rings is 1. The zero-order chi connectivity index (χ0) is 14.5. The van der Waals surface area contributed by atoms with Gasteiger partial charge in [0, 0.05) is 24.5 Å². The molecule has 1 heterocycles. The van der Waals surface area contributed by atoms with Gasteiger partial charge in [0.2, 0.25) is 5.75 Å². The first-order valence-electron chi connectivity index (χ1n) is 6.25. The lowest BCUT2D eigenvalue weighted by Gasteiger charge is -2.11. The molecule has 0 unspecified atom stereocenters. The molecule has 0 bridgehead atoms. The highest BCUT2D eigenvalue weighted by atomic mass is 16.6. The van der Waals surface area contributed by atoms with Crippen molar-refractivity contribution in [1.82, 2.24) is 9.97 Å². The molecular weight excluding hydrogens is 262 g/mol. The fraction of sp³-hybridized carbons (Fsp3) is 0.308. The van der Waals surface area contributed by atoms with Gasteiger partial charge in [-0.15, -0.1) is 0 Å². The molecule has 1 N–H and O–H groups in total. The van der Waals surface area contributed by atoms with Gasteiger partial charge in [-0.3, -0.25) is 10.1 Å². The highest BCUT2D eigenvalue weighted by Gasteiger charge is 2.22. The van der Waals surface area contributed by atoms with Gasteiger partial charge in [0.25, 0.3) is 0 Å². The Balaban J connectivity index is 2.59. The maximum atomic E-state index is 11.1. The van der Waals surface area contributed by atoms with Gasteiger partial charge in [0.05, 0.1) is 23.7 Å². The number of nitro benzene ring substituents is 1. The molecule has 0 aliphatic rings. The summed E-state index contributed by atoms with van der Waals surface area (Å²) in [5.41, 5.74) is 0.425. The third-order valence-corrected chi connectivity index (χ3v) is 2.61. The summed E-state index contributed by atoms with van der Waals surface area (Å²) in [5.74, 6) is 1.20. The van der Waals surface area contributed by atoms with Crippen LogP contribution in [-0.2, 0) is 0 Å². The Kier molecular flexibility index (Phi) is 4.19. The van der Waals surface area contributed by atoms with Crippen molar-refractivity contribution < 1.29 is 14.4 Å². The summed E-state index contributed by atoms with van der Waals surface area (Å²) < 4.78 is 10.8. The highest BCUT2D eigenvalue weighted by Crippen LogP contribution is 2.38. The van der Waals surface area contributed by atoms with Crippen molar-refractivity contribution >= 4 is 5.69 Å². The van der Waals surface area contributed by atoms with Crippen LogP contribution in [0.4, 0.5) is 5.69 Å². The first-order valence-corrected chi connectivity index (χ1v) is 6.25. The summed E-state index contributed by atoms with van der Waals surface area (Å²) in [5, 5.41) is 11.1. The molecule has 0 spiro atoms. The molecule has 1 aromatic heterocycles. The zero-order valence-electron chi connectivity index (χ0n) is 11.3. The molecule has 7 heteroatoms. The minimum atomic E-state index is -0.479. The van der Waals surface area contributed by atoms with Crippen LogP contribution in [0, 0.1) is 10.1 Å². The molecule has 0 aliphatic heterocycles. The number of hydrogen-bond donors (Lipinski definition) is 1. The smallest absolute Gasteiger partial charge is 0.311 e. The number of H-pyrrole nitrogens is 1. The normalized spacial score (nSPS) is 10.3. The van der Waals surface area contributed by atoms with Crippen LogP contribution >= 0.6 is 0 Å². The molecule has 0 radical (unpaired) electrons. The minimum Gasteiger partial charge on any atom is -0.493 e. The second-order valence-corrected chi connectivity index (χ2v) is 3.88. The van der Waals surface area contributed by atoms with E-state index in [1.807, 2.05) is 6.92 Å². The molecule has 0 amide bonds. The summed E-state index contributed by atoms with van der Waals surface area (Å²) in [6.07, 6.45) is 3.22. The van der Waals surface area contributed by atoms with Gasteiger partial charge in [-0.2, -0.15) is 0 Å². The average Bonchev–Trinajstić information content (AvgIpc) is 2.93. The second-order valence-electron chi connectivity index (χ2n) is 3.88. The Hall–Kier alpha value is -2.57. The maximum Gasteiger partial charge on any atom is 0.311 e. The molecule has 0 aliphatic carbocycles. The van der Waals surface area contributed by atoms with Crippen LogP contribution in [-0.4, -0.2) is 28.1 Å². The third kappa shape index (κ3) is 2.71. The summed E-state index contributed by atoms with van der Waals surface area (Å²) in [6.45, 7) is 4.39. The largest absolute Gasteiger partial charge is 0.493 e. The molecule has 2 aromatic rings. The quantitative estimate of drug-likeness (QED) is 0.647. The predicted molar refractivity (Wildman–Crippen MR) is 73.0 cm³/mol. The van der Waals surface area contributed by atoms with Crippen molar-refractivity contribution in [2.24, 2.45) is 0 Å². The number of aromatic amines is 1. The summed E-state index contributed by atoms with van der Waals surface area (Å²) >= 11 is 0. The van der Waals surface area contributed by atoms with Crippen LogP contribution in [0.3, 0.4) is 0 Å². The van der Waals surface area contributed by atoms with E-state index in [-0.39, 0.29) is 11.4 Å². The average molecular weight is 277 g/mol.